The minimum atomic E-state index is -0.633. The van der Waals surface area contributed by atoms with Gasteiger partial charge in [0, 0.05) is 12.6 Å². The Balaban J connectivity index is 3.34. The molecule has 0 aliphatic carbocycles. The number of likely N-dealkylation sites (N-methyl/N-ethyl adjacent to an activating group) is 1. The van der Waals surface area contributed by atoms with Crippen molar-refractivity contribution in [2.75, 3.05) is 18.6 Å². The van der Waals surface area contributed by atoms with Gasteiger partial charge in [-0.2, -0.15) is 0 Å². The molecular formula is C13H18FNO2. The minimum Gasteiger partial charge on any atom is -0.394 e. The molecule has 0 radical (unpaired) electrons. The SMILES string of the molecule is CC(=O)c1cccc(F)c1N(C)C(C)(C)CO. The first kappa shape index (κ1) is 13.6. The van der Waals surface area contributed by atoms with Gasteiger partial charge in [0.05, 0.1) is 17.8 Å². The molecule has 0 heterocycles. The summed E-state index contributed by atoms with van der Waals surface area (Å²) in [6, 6.07) is 4.41. The molecule has 1 N–H and O–H groups in total. The number of ketones is 1. The highest BCUT2D eigenvalue weighted by Crippen LogP contribution is 2.29. The van der Waals surface area contributed by atoms with Gasteiger partial charge in [0.1, 0.15) is 5.82 Å². The minimum absolute atomic E-state index is 0.130. The van der Waals surface area contributed by atoms with Gasteiger partial charge in [-0.1, -0.05) is 6.07 Å². The highest BCUT2D eigenvalue weighted by molar-refractivity contribution is 5.99. The van der Waals surface area contributed by atoms with Crippen LogP contribution in [0.25, 0.3) is 0 Å². The molecule has 0 unspecified atom stereocenters. The number of aliphatic hydroxyl groups excluding tert-OH is 1. The second-order valence-corrected chi connectivity index (χ2v) is 4.72. The summed E-state index contributed by atoms with van der Waals surface area (Å²) < 4.78 is 13.9. The molecular weight excluding hydrogens is 221 g/mol. The van der Waals surface area contributed by atoms with E-state index >= 15 is 0 Å². The average molecular weight is 239 g/mol. The molecule has 0 amide bonds. The van der Waals surface area contributed by atoms with Crippen LogP contribution < -0.4 is 4.90 Å². The van der Waals surface area contributed by atoms with E-state index in [1.807, 2.05) is 0 Å². The van der Waals surface area contributed by atoms with Crippen LogP contribution in [0.1, 0.15) is 31.1 Å². The smallest absolute Gasteiger partial charge is 0.161 e. The van der Waals surface area contributed by atoms with Crippen LogP contribution in [0.4, 0.5) is 10.1 Å². The third-order valence-electron chi connectivity index (χ3n) is 3.00. The van der Waals surface area contributed by atoms with Gasteiger partial charge < -0.3 is 10.0 Å². The molecule has 17 heavy (non-hydrogen) atoms. The lowest BCUT2D eigenvalue weighted by Crippen LogP contribution is -2.45. The number of carbonyl (C=O) groups excluding carboxylic acids is 1. The van der Waals surface area contributed by atoms with E-state index in [1.165, 1.54) is 19.1 Å². The largest absolute Gasteiger partial charge is 0.394 e. The topological polar surface area (TPSA) is 40.5 Å². The summed E-state index contributed by atoms with van der Waals surface area (Å²) in [7, 11) is 1.67. The molecule has 0 bridgehead atoms. The van der Waals surface area contributed by atoms with E-state index in [0.717, 1.165) is 0 Å². The number of halogens is 1. The van der Waals surface area contributed by atoms with Gasteiger partial charge in [-0.05, 0) is 32.9 Å². The normalized spacial score (nSPS) is 11.4. The van der Waals surface area contributed by atoms with Gasteiger partial charge >= 0.3 is 0 Å². The third-order valence-corrected chi connectivity index (χ3v) is 3.00. The number of aliphatic hydroxyl groups is 1. The summed E-state index contributed by atoms with van der Waals surface area (Å²) in [4.78, 5) is 13.1. The van der Waals surface area contributed by atoms with Gasteiger partial charge in [-0.15, -0.1) is 0 Å². The molecule has 1 rings (SSSR count). The number of benzene rings is 1. The Hall–Kier alpha value is -1.42. The van der Waals surface area contributed by atoms with Crippen LogP contribution in [0.5, 0.6) is 0 Å². The quantitative estimate of drug-likeness (QED) is 0.819. The van der Waals surface area contributed by atoms with E-state index in [9.17, 15) is 14.3 Å². The van der Waals surface area contributed by atoms with Gasteiger partial charge in [0.2, 0.25) is 0 Å². The lowest BCUT2D eigenvalue weighted by Gasteiger charge is -2.36. The van der Waals surface area contributed by atoms with Crippen LogP contribution in [0.2, 0.25) is 0 Å². The summed E-state index contributed by atoms with van der Waals surface area (Å²) in [6.07, 6.45) is 0. The average Bonchev–Trinajstić information content (AvgIpc) is 2.27. The van der Waals surface area contributed by atoms with Crippen LogP contribution >= 0.6 is 0 Å². The summed E-state index contributed by atoms with van der Waals surface area (Å²) in [5, 5.41) is 9.30. The number of hydrogen-bond acceptors (Lipinski definition) is 3. The zero-order valence-corrected chi connectivity index (χ0v) is 10.6. The highest BCUT2D eigenvalue weighted by atomic mass is 19.1. The number of nitrogens with zero attached hydrogens (tertiary/aromatic N) is 1. The van der Waals surface area contributed by atoms with Crippen LogP contribution in [-0.4, -0.2) is 30.1 Å². The van der Waals surface area contributed by atoms with Crippen LogP contribution in [0, 0.1) is 5.82 Å². The lowest BCUT2D eigenvalue weighted by atomic mass is 10.0. The first-order chi connectivity index (χ1) is 7.81. The van der Waals surface area contributed by atoms with Crippen molar-refractivity contribution in [3.63, 3.8) is 0 Å². The molecule has 4 heteroatoms. The molecule has 0 atom stereocenters. The Morgan fingerprint density at radius 3 is 2.53 bits per heavy atom. The molecule has 0 spiro atoms. The van der Waals surface area contributed by atoms with Gasteiger partial charge in [-0.25, -0.2) is 4.39 Å². The van der Waals surface area contributed by atoms with E-state index in [1.54, 1.807) is 31.9 Å². The fourth-order valence-electron chi connectivity index (χ4n) is 1.55. The van der Waals surface area contributed by atoms with Gasteiger partial charge in [0.25, 0.3) is 0 Å². The predicted molar refractivity (Wildman–Crippen MR) is 66.0 cm³/mol. The van der Waals surface area contributed by atoms with Crippen molar-refractivity contribution in [1.82, 2.24) is 0 Å². The van der Waals surface area contributed by atoms with Crippen molar-refractivity contribution in [1.29, 1.82) is 0 Å². The molecule has 0 saturated carbocycles. The molecule has 94 valence electrons. The Kier molecular flexibility index (Phi) is 3.88. The molecule has 1 aromatic rings. The molecule has 0 aliphatic heterocycles. The van der Waals surface area contributed by atoms with E-state index in [4.69, 9.17) is 0 Å². The molecule has 3 nitrogen and oxygen atoms in total. The zero-order chi connectivity index (χ0) is 13.2. The maximum atomic E-state index is 13.9. The summed E-state index contributed by atoms with van der Waals surface area (Å²) in [5.74, 6) is -0.651. The molecule has 0 saturated heterocycles. The molecule has 0 fully saturated rings. The monoisotopic (exact) mass is 239 g/mol. The maximum absolute atomic E-state index is 13.9. The predicted octanol–water partition coefficient (Wildman–Crippen LogP) is 2.24. The molecule has 1 aromatic carbocycles. The van der Waals surface area contributed by atoms with E-state index in [-0.39, 0.29) is 18.1 Å². The number of rotatable bonds is 4. The van der Waals surface area contributed by atoms with E-state index in [0.29, 0.717) is 5.56 Å². The van der Waals surface area contributed by atoms with Crippen LogP contribution in [0.15, 0.2) is 18.2 Å². The van der Waals surface area contributed by atoms with E-state index in [2.05, 4.69) is 0 Å². The zero-order valence-electron chi connectivity index (χ0n) is 10.6. The third kappa shape index (κ3) is 2.64. The van der Waals surface area contributed by atoms with Crippen LogP contribution in [0.3, 0.4) is 0 Å². The Morgan fingerprint density at radius 2 is 2.06 bits per heavy atom. The summed E-state index contributed by atoms with van der Waals surface area (Å²) in [6.45, 7) is 4.83. The molecule has 0 aliphatic rings. The van der Waals surface area contributed by atoms with Crippen LogP contribution in [-0.2, 0) is 0 Å². The van der Waals surface area contributed by atoms with Crippen molar-refractivity contribution in [3.8, 4) is 0 Å². The highest BCUT2D eigenvalue weighted by Gasteiger charge is 2.27. The van der Waals surface area contributed by atoms with Gasteiger partial charge in [-0.3, -0.25) is 4.79 Å². The first-order valence-corrected chi connectivity index (χ1v) is 5.45. The van der Waals surface area contributed by atoms with Crippen molar-refractivity contribution >= 4 is 11.5 Å². The van der Waals surface area contributed by atoms with E-state index < -0.39 is 11.4 Å². The second kappa shape index (κ2) is 4.84. The van der Waals surface area contributed by atoms with Crippen molar-refractivity contribution < 1.29 is 14.3 Å². The number of anilines is 1. The molecule has 0 aromatic heterocycles. The standard InChI is InChI=1S/C13H18FNO2/c1-9(17)10-6-5-7-11(14)12(10)15(4)13(2,3)8-16/h5-7,16H,8H2,1-4H3. The van der Waals surface area contributed by atoms with Crippen molar-refractivity contribution in [3.05, 3.63) is 29.6 Å². The second-order valence-electron chi connectivity index (χ2n) is 4.72. The number of para-hydroxylation sites is 1. The first-order valence-electron chi connectivity index (χ1n) is 5.45. The Morgan fingerprint density at radius 1 is 1.47 bits per heavy atom. The fourth-order valence-corrected chi connectivity index (χ4v) is 1.55. The van der Waals surface area contributed by atoms with Crippen molar-refractivity contribution in [2.45, 2.75) is 26.3 Å². The van der Waals surface area contributed by atoms with Crippen molar-refractivity contribution in [2.24, 2.45) is 0 Å². The number of carbonyl (C=O) groups is 1. The number of hydrogen-bond donors (Lipinski definition) is 1. The van der Waals surface area contributed by atoms with Gasteiger partial charge in [0.15, 0.2) is 5.78 Å². The fraction of sp³-hybridized carbons (Fsp3) is 0.462. The maximum Gasteiger partial charge on any atom is 0.161 e. The lowest BCUT2D eigenvalue weighted by molar-refractivity contribution is 0.101. The summed E-state index contributed by atoms with van der Waals surface area (Å²) in [5.41, 5.74) is -0.0695. The Labute approximate surface area is 101 Å². The number of Topliss-reactive ketones (excluding diaryl/α,β-unsaturated/α-hetero) is 1. The summed E-state index contributed by atoms with van der Waals surface area (Å²) >= 11 is 0. The Bertz CT molecular complexity index is 429.